The molecule has 0 radical (unpaired) electrons. The lowest BCUT2D eigenvalue weighted by molar-refractivity contribution is -0.116. The van der Waals surface area contributed by atoms with E-state index in [-0.39, 0.29) is 11.8 Å². The van der Waals surface area contributed by atoms with Crippen molar-refractivity contribution in [2.45, 2.75) is 18.4 Å². The van der Waals surface area contributed by atoms with Crippen molar-refractivity contribution in [3.8, 4) is 0 Å². The number of nitrogens with zero attached hydrogens (tertiary/aromatic N) is 1. The van der Waals surface area contributed by atoms with Gasteiger partial charge in [0, 0.05) is 30.7 Å². The third kappa shape index (κ3) is 2.68. The van der Waals surface area contributed by atoms with Gasteiger partial charge in [-0.25, -0.2) is 0 Å². The van der Waals surface area contributed by atoms with Crippen molar-refractivity contribution in [1.82, 2.24) is 5.32 Å². The second kappa shape index (κ2) is 6.12. The van der Waals surface area contributed by atoms with Gasteiger partial charge in [0.05, 0.1) is 13.2 Å². The Kier molecular flexibility index (Phi) is 4.24. The van der Waals surface area contributed by atoms with Crippen molar-refractivity contribution in [3.05, 3.63) is 29.8 Å². The first kappa shape index (κ1) is 13.9. The van der Waals surface area contributed by atoms with Crippen LogP contribution in [0.25, 0.3) is 0 Å². The molecule has 1 saturated heterocycles. The summed E-state index contributed by atoms with van der Waals surface area (Å²) in [4.78, 5) is 13.8. The summed E-state index contributed by atoms with van der Waals surface area (Å²) in [6.45, 7) is 3.17. The standard InChI is InChI=1S/C15H19ClN2O2/c16-8-15(19)18-9-11(7-12-10-20-6-5-17-12)13-3-1-2-4-14(13)18/h1-4,11-12,17H,5-10H2. The summed E-state index contributed by atoms with van der Waals surface area (Å²) in [5.41, 5.74) is 2.26. The number of hydrogen-bond donors (Lipinski definition) is 1. The van der Waals surface area contributed by atoms with Gasteiger partial charge in [-0.2, -0.15) is 0 Å². The Morgan fingerprint density at radius 1 is 1.45 bits per heavy atom. The lowest BCUT2D eigenvalue weighted by atomic mass is 9.94. The van der Waals surface area contributed by atoms with E-state index in [4.69, 9.17) is 16.3 Å². The number of benzene rings is 1. The predicted octanol–water partition coefficient (Wildman–Crippen LogP) is 1.73. The summed E-state index contributed by atoms with van der Waals surface area (Å²) in [7, 11) is 0. The van der Waals surface area contributed by atoms with Crippen molar-refractivity contribution in [1.29, 1.82) is 0 Å². The molecule has 1 aromatic carbocycles. The number of amides is 1. The number of carbonyl (C=O) groups is 1. The Balaban J connectivity index is 1.77. The minimum Gasteiger partial charge on any atom is -0.379 e. The van der Waals surface area contributed by atoms with E-state index in [0.717, 1.165) is 38.4 Å². The van der Waals surface area contributed by atoms with E-state index in [1.807, 2.05) is 23.1 Å². The Bertz CT molecular complexity index is 489. The molecule has 0 bridgehead atoms. The zero-order valence-electron chi connectivity index (χ0n) is 11.3. The van der Waals surface area contributed by atoms with Crippen molar-refractivity contribution in [3.63, 3.8) is 0 Å². The highest BCUT2D eigenvalue weighted by Gasteiger charge is 2.33. The highest BCUT2D eigenvalue weighted by Crippen LogP contribution is 2.38. The molecular formula is C15H19ClN2O2. The van der Waals surface area contributed by atoms with Crippen molar-refractivity contribution < 1.29 is 9.53 Å². The summed E-state index contributed by atoms with van der Waals surface area (Å²) in [5, 5.41) is 3.48. The van der Waals surface area contributed by atoms with Crippen LogP contribution >= 0.6 is 11.6 Å². The maximum atomic E-state index is 12.0. The maximum absolute atomic E-state index is 12.0. The average Bonchev–Trinajstić information content (AvgIpc) is 2.87. The first-order valence-electron chi connectivity index (χ1n) is 7.06. The van der Waals surface area contributed by atoms with Crippen LogP contribution in [0.4, 0.5) is 5.69 Å². The normalized spacial score (nSPS) is 25.6. The number of anilines is 1. The predicted molar refractivity (Wildman–Crippen MR) is 79.5 cm³/mol. The van der Waals surface area contributed by atoms with E-state index in [0.29, 0.717) is 12.0 Å². The van der Waals surface area contributed by atoms with E-state index in [9.17, 15) is 4.79 Å². The molecule has 0 aliphatic carbocycles. The molecular weight excluding hydrogens is 276 g/mol. The second-order valence-corrected chi connectivity index (χ2v) is 5.62. The molecule has 0 saturated carbocycles. The highest BCUT2D eigenvalue weighted by atomic mass is 35.5. The summed E-state index contributed by atoms with van der Waals surface area (Å²) in [6, 6.07) is 8.49. The first-order chi connectivity index (χ1) is 9.79. The molecule has 20 heavy (non-hydrogen) atoms. The number of alkyl halides is 1. The summed E-state index contributed by atoms with van der Waals surface area (Å²) < 4.78 is 5.51. The zero-order chi connectivity index (χ0) is 13.9. The molecule has 2 heterocycles. The highest BCUT2D eigenvalue weighted by molar-refractivity contribution is 6.29. The van der Waals surface area contributed by atoms with Gasteiger partial charge in [0.15, 0.2) is 0 Å². The van der Waals surface area contributed by atoms with Gasteiger partial charge in [-0.05, 0) is 18.1 Å². The van der Waals surface area contributed by atoms with Crippen LogP contribution in [0.1, 0.15) is 17.9 Å². The van der Waals surface area contributed by atoms with Gasteiger partial charge in [0.2, 0.25) is 5.91 Å². The van der Waals surface area contributed by atoms with Crippen molar-refractivity contribution >= 4 is 23.2 Å². The van der Waals surface area contributed by atoms with Crippen LogP contribution in [0.5, 0.6) is 0 Å². The van der Waals surface area contributed by atoms with E-state index in [1.54, 1.807) is 0 Å². The number of carbonyl (C=O) groups excluding carboxylic acids is 1. The smallest absolute Gasteiger partial charge is 0.241 e. The number of hydrogen-bond acceptors (Lipinski definition) is 3. The fraction of sp³-hybridized carbons (Fsp3) is 0.533. The van der Waals surface area contributed by atoms with Crippen LogP contribution in [0, 0.1) is 0 Å². The van der Waals surface area contributed by atoms with Gasteiger partial charge in [0.1, 0.15) is 5.88 Å². The quantitative estimate of drug-likeness (QED) is 0.864. The Morgan fingerprint density at radius 3 is 3.05 bits per heavy atom. The molecule has 1 amide bonds. The van der Waals surface area contributed by atoms with Gasteiger partial charge in [0.25, 0.3) is 0 Å². The number of nitrogens with one attached hydrogen (secondary N) is 1. The van der Waals surface area contributed by atoms with E-state index in [1.165, 1.54) is 5.56 Å². The maximum Gasteiger partial charge on any atom is 0.241 e. The fourth-order valence-electron chi connectivity index (χ4n) is 3.12. The summed E-state index contributed by atoms with van der Waals surface area (Å²) >= 11 is 5.71. The monoisotopic (exact) mass is 294 g/mol. The number of para-hydroxylation sites is 1. The number of morpholine rings is 1. The van der Waals surface area contributed by atoms with Crippen LogP contribution in [0.2, 0.25) is 0 Å². The molecule has 108 valence electrons. The largest absolute Gasteiger partial charge is 0.379 e. The molecule has 4 nitrogen and oxygen atoms in total. The van der Waals surface area contributed by atoms with Gasteiger partial charge in [-0.1, -0.05) is 18.2 Å². The average molecular weight is 295 g/mol. The summed E-state index contributed by atoms with van der Waals surface area (Å²) in [6.07, 6.45) is 0.989. The van der Waals surface area contributed by atoms with Crippen LogP contribution in [-0.2, 0) is 9.53 Å². The molecule has 0 aromatic heterocycles. The minimum absolute atomic E-state index is 0.0190. The molecule has 2 unspecified atom stereocenters. The molecule has 5 heteroatoms. The van der Waals surface area contributed by atoms with E-state index in [2.05, 4.69) is 11.4 Å². The SMILES string of the molecule is O=C(CCl)N1CC(CC2COCCN2)c2ccccc21. The Labute approximate surface area is 124 Å². The number of ether oxygens (including phenoxy) is 1. The van der Waals surface area contributed by atoms with E-state index < -0.39 is 0 Å². The molecule has 2 aliphatic heterocycles. The molecule has 1 aromatic rings. The topological polar surface area (TPSA) is 41.6 Å². The zero-order valence-corrected chi connectivity index (χ0v) is 12.1. The third-order valence-corrected chi connectivity index (χ3v) is 4.28. The number of fused-ring (bicyclic) bond motifs is 1. The molecule has 1 N–H and O–H groups in total. The lowest BCUT2D eigenvalue weighted by Gasteiger charge is -2.26. The van der Waals surface area contributed by atoms with Crippen LogP contribution < -0.4 is 10.2 Å². The van der Waals surface area contributed by atoms with Gasteiger partial charge in [-0.15, -0.1) is 11.6 Å². The molecule has 1 fully saturated rings. The van der Waals surface area contributed by atoms with Crippen molar-refractivity contribution in [2.75, 3.05) is 37.1 Å². The van der Waals surface area contributed by atoms with Crippen LogP contribution in [-0.4, -0.2) is 44.1 Å². The fourth-order valence-corrected chi connectivity index (χ4v) is 3.26. The van der Waals surface area contributed by atoms with Gasteiger partial charge in [-0.3, -0.25) is 4.79 Å². The van der Waals surface area contributed by atoms with E-state index >= 15 is 0 Å². The molecule has 3 rings (SSSR count). The van der Waals surface area contributed by atoms with Gasteiger partial charge >= 0.3 is 0 Å². The van der Waals surface area contributed by atoms with Crippen LogP contribution in [0.15, 0.2) is 24.3 Å². The van der Waals surface area contributed by atoms with Gasteiger partial charge < -0.3 is 15.0 Å². The minimum atomic E-state index is -0.0190. The van der Waals surface area contributed by atoms with Crippen molar-refractivity contribution in [2.24, 2.45) is 0 Å². The molecule has 2 aliphatic rings. The second-order valence-electron chi connectivity index (χ2n) is 5.36. The summed E-state index contributed by atoms with van der Waals surface area (Å²) in [5.74, 6) is 0.373. The number of halogens is 1. The molecule has 0 spiro atoms. The third-order valence-electron chi connectivity index (χ3n) is 4.05. The van der Waals surface area contributed by atoms with Crippen LogP contribution in [0.3, 0.4) is 0 Å². The Morgan fingerprint density at radius 2 is 2.30 bits per heavy atom. The number of rotatable bonds is 3. The lowest BCUT2D eigenvalue weighted by Crippen LogP contribution is -2.42. The first-order valence-corrected chi connectivity index (χ1v) is 7.59. The molecule has 2 atom stereocenters. The Hall–Kier alpha value is -1.10.